The fourth-order valence-electron chi connectivity index (χ4n) is 2.05. The van der Waals surface area contributed by atoms with Gasteiger partial charge in [-0.3, -0.25) is 9.59 Å². The topological polar surface area (TPSA) is 72.2 Å². The number of amides is 2. The van der Waals surface area contributed by atoms with E-state index in [9.17, 15) is 9.59 Å². The Labute approximate surface area is 117 Å². The number of carbonyl (C=O) groups excluding carboxylic acids is 2. The predicted octanol–water partition coefficient (Wildman–Crippen LogP) is 2.75. The summed E-state index contributed by atoms with van der Waals surface area (Å²) in [6.07, 6.45) is 8.76. The molecule has 0 aliphatic rings. The van der Waals surface area contributed by atoms with Crippen LogP contribution in [0.2, 0.25) is 0 Å². The summed E-state index contributed by atoms with van der Waals surface area (Å²) in [5, 5.41) is 2.71. The summed E-state index contributed by atoms with van der Waals surface area (Å²) in [5.41, 5.74) is 5.26. The Morgan fingerprint density at radius 1 is 1.00 bits per heavy atom. The summed E-state index contributed by atoms with van der Waals surface area (Å²) in [4.78, 5) is 22.8. The van der Waals surface area contributed by atoms with E-state index in [0.29, 0.717) is 6.42 Å². The molecule has 0 unspecified atom stereocenters. The van der Waals surface area contributed by atoms with Gasteiger partial charge in [0.25, 0.3) is 0 Å². The van der Waals surface area contributed by atoms with Crippen molar-refractivity contribution < 1.29 is 9.59 Å². The highest BCUT2D eigenvalue weighted by Crippen LogP contribution is 2.09. The minimum atomic E-state index is -0.544. The summed E-state index contributed by atoms with van der Waals surface area (Å²) in [6.45, 7) is 5.96. The molecule has 112 valence electrons. The van der Waals surface area contributed by atoms with E-state index in [1.54, 1.807) is 0 Å². The van der Waals surface area contributed by atoms with Crippen LogP contribution in [0.15, 0.2) is 0 Å². The Bertz CT molecular complexity index is 265. The summed E-state index contributed by atoms with van der Waals surface area (Å²) in [6, 6.07) is -0.544. The average Bonchev–Trinajstić information content (AvgIpc) is 2.34. The molecule has 0 spiro atoms. The third kappa shape index (κ3) is 9.51. The zero-order valence-electron chi connectivity index (χ0n) is 12.7. The average molecular weight is 270 g/mol. The van der Waals surface area contributed by atoms with Gasteiger partial charge in [0.15, 0.2) is 0 Å². The normalized spacial score (nSPS) is 12.4. The highest BCUT2D eigenvalue weighted by atomic mass is 16.2. The van der Waals surface area contributed by atoms with E-state index >= 15 is 0 Å². The first-order valence-corrected chi connectivity index (χ1v) is 7.57. The van der Waals surface area contributed by atoms with Crippen molar-refractivity contribution in [3.05, 3.63) is 0 Å². The molecule has 3 N–H and O–H groups in total. The number of primary amides is 1. The van der Waals surface area contributed by atoms with Crippen molar-refractivity contribution in [2.45, 2.75) is 78.2 Å². The fraction of sp³-hybridized carbons (Fsp3) is 0.867. The van der Waals surface area contributed by atoms with E-state index in [2.05, 4.69) is 12.2 Å². The van der Waals surface area contributed by atoms with Gasteiger partial charge in [0.1, 0.15) is 6.04 Å². The summed E-state index contributed by atoms with van der Waals surface area (Å²) < 4.78 is 0. The first-order chi connectivity index (χ1) is 8.99. The molecule has 19 heavy (non-hydrogen) atoms. The smallest absolute Gasteiger partial charge is 0.240 e. The zero-order chi connectivity index (χ0) is 14.7. The lowest BCUT2D eigenvalue weighted by Gasteiger charge is -2.18. The van der Waals surface area contributed by atoms with Crippen LogP contribution in [0.25, 0.3) is 0 Å². The maximum Gasteiger partial charge on any atom is 0.240 e. The first kappa shape index (κ1) is 17.9. The molecule has 0 saturated heterocycles. The van der Waals surface area contributed by atoms with Crippen LogP contribution in [0.1, 0.15) is 72.1 Å². The molecule has 0 saturated carbocycles. The SMILES string of the molecule is CCCCCCCCCC(=O)N[C@H](C(N)=O)C(C)C. The van der Waals surface area contributed by atoms with Crippen molar-refractivity contribution in [3.63, 3.8) is 0 Å². The monoisotopic (exact) mass is 270 g/mol. The summed E-state index contributed by atoms with van der Waals surface area (Å²) >= 11 is 0. The molecule has 4 nitrogen and oxygen atoms in total. The Kier molecular flexibility index (Phi) is 10.2. The van der Waals surface area contributed by atoms with Gasteiger partial charge in [-0.15, -0.1) is 0 Å². The lowest BCUT2D eigenvalue weighted by molar-refractivity contribution is -0.128. The molecule has 2 amide bonds. The molecule has 0 aromatic carbocycles. The molecule has 1 atom stereocenters. The standard InChI is InChI=1S/C15H30N2O2/c1-4-5-6-7-8-9-10-11-13(18)17-14(12(2)3)15(16)19/h12,14H,4-11H2,1-3H3,(H2,16,19)(H,17,18)/t14-/m0/s1. The Morgan fingerprint density at radius 3 is 2.00 bits per heavy atom. The molecule has 0 bridgehead atoms. The van der Waals surface area contributed by atoms with Crippen LogP contribution >= 0.6 is 0 Å². The maximum atomic E-state index is 11.7. The molecule has 0 aromatic rings. The fourth-order valence-corrected chi connectivity index (χ4v) is 2.05. The first-order valence-electron chi connectivity index (χ1n) is 7.57. The molecule has 0 radical (unpaired) electrons. The second-order valence-corrected chi connectivity index (χ2v) is 5.56. The number of nitrogens with two attached hydrogens (primary N) is 1. The number of rotatable bonds is 11. The van der Waals surface area contributed by atoms with Crippen LogP contribution in [0.3, 0.4) is 0 Å². The third-order valence-electron chi connectivity index (χ3n) is 3.30. The van der Waals surface area contributed by atoms with Gasteiger partial charge >= 0.3 is 0 Å². The van der Waals surface area contributed by atoms with Crippen LogP contribution in [-0.4, -0.2) is 17.9 Å². The van der Waals surface area contributed by atoms with Crippen LogP contribution in [0.4, 0.5) is 0 Å². The van der Waals surface area contributed by atoms with Gasteiger partial charge in [0, 0.05) is 6.42 Å². The summed E-state index contributed by atoms with van der Waals surface area (Å²) in [5.74, 6) is -0.482. The Hall–Kier alpha value is -1.06. The van der Waals surface area contributed by atoms with Gasteiger partial charge in [-0.25, -0.2) is 0 Å². The molecule has 0 aliphatic heterocycles. The van der Waals surface area contributed by atoms with E-state index < -0.39 is 11.9 Å². The van der Waals surface area contributed by atoms with Gasteiger partial charge in [-0.1, -0.05) is 59.3 Å². The number of hydrogen-bond acceptors (Lipinski definition) is 2. The molecular weight excluding hydrogens is 240 g/mol. The number of unbranched alkanes of at least 4 members (excludes halogenated alkanes) is 6. The Balaban J connectivity index is 3.66. The molecule has 0 aromatic heterocycles. The minimum absolute atomic E-state index is 0.0375. The predicted molar refractivity (Wildman–Crippen MR) is 78.6 cm³/mol. The lowest BCUT2D eigenvalue weighted by atomic mass is 10.0. The van der Waals surface area contributed by atoms with Crippen molar-refractivity contribution in [1.29, 1.82) is 0 Å². The molecule has 0 heterocycles. The van der Waals surface area contributed by atoms with Gasteiger partial charge < -0.3 is 11.1 Å². The second-order valence-electron chi connectivity index (χ2n) is 5.56. The summed E-state index contributed by atoms with van der Waals surface area (Å²) in [7, 11) is 0. The van der Waals surface area contributed by atoms with Crippen LogP contribution in [0.5, 0.6) is 0 Å². The van der Waals surface area contributed by atoms with Crippen LogP contribution < -0.4 is 11.1 Å². The van der Waals surface area contributed by atoms with Gasteiger partial charge in [-0.05, 0) is 12.3 Å². The number of hydrogen-bond donors (Lipinski definition) is 2. The lowest BCUT2D eigenvalue weighted by Crippen LogP contribution is -2.47. The van der Waals surface area contributed by atoms with E-state index in [4.69, 9.17) is 5.73 Å². The highest BCUT2D eigenvalue weighted by molar-refractivity contribution is 5.86. The second kappa shape index (κ2) is 10.8. The van der Waals surface area contributed by atoms with Crippen molar-refractivity contribution in [2.75, 3.05) is 0 Å². The van der Waals surface area contributed by atoms with Gasteiger partial charge in [0.05, 0.1) is 0 Å². The van der Waals surface area contributed by atoms with Crippen molar-refractivity contribution in [3.8, 4) is 0 Å². The number of nitrogens with one attached hydrogen (secondary N) is 1. The van der Waals surface area contributed by atoms with Gasteiger partial charge in [-0.2, -0.15) is 0 Å². The Morgan fingerprint density at radius 2 is 1.53 bits per heavy atom. The van der Waals surface area contributed by atoms with E-state index in [1.165, 1.54) is 32.1 Å². The molecule has 0 aliphatic carbocycles. The number of carbonyl (C=O) groups is 2. The highest BCUT2D eigenvalue weighted by Gasteiger charge is 2.20. The minimum Gasteiger partial charge on any atom is -0.368 e. The van der Waals surface area contributed by atoms with E-state index in [0.717, 1.165) is 12.8 Å². The van der Waals surface area contributed by atoms with Crippen LogP contribution in [-0.2, 0) is 9.59 Å². The van der Waals surface area contributed by atoms with E-state index in [-0.39, 0.29) is 11.8 Å². The molecule has 0 fully saturated rings. The molecule has 4 heteroatoms. The van der Waals surface area contributed by atoms with Crippen molar-refractivity contribution >= 4 is 11.8 Å². The quantitative estimate of drug-likeness (QED) is 0.567. The third-order valence-corrected chi connectivity index (χ3v) is 3.30. The molecule has 0 rings (SSSR count). The van der Waals surface area contributed by atoms with Crippen molar-refractivity contribution in [1.82, 2.24) is 5.32 Å². The maximum absolute atomic E-state index is 11.7. The largest absolute Gasteiger partial charge is 0.368 e. The van der Waals surface area contributed by atoms with Gasteiger partial charge in [0.2, 0.25) is 11.8 Å². The van der Waals surface area contributed by atoms with E-state index in [1.807, 2.05) is 13.8 Å². The van der Waals surface area contributed by atoms with Crippen molar-refractivity contribution in [2.24, 2.45) is 11.7 Å². The molecular formula is C15H30N2O2. The zero-order valence-corrected chi connectivity index (χ0v) is 12.7. The van der Waals surface area contributed by atoms with Crippen LogP contribution in [0, 0.1) is 5.92 Å².